The van der Waals surface area contributed by atoms with Gasteiger partial charge in [0.2, 0.25) is 0 Å². The fourth-order valence-electron chi connectivity index (χ4n) is 2.45. The van der Waals surface area contributed by atoms with E-state index in [1.54, 1.807) is 24.3 Å². The predicted molar refractivity (Wildman–Crippen MR) is 84.9 cm³/mol. The Kier molecular flexibility index (Phi) is 5.87. The quantitative estimate of drug-likeness (QED) is 0.448. The van der Waals surface area contributed by atoms with Gasteiger partial charge in [-0.15, -0.1) is 0 Å². The second-order valence-corrected chi connectivity index (χ2v) is 5.58. The molecule has 23 heavy (non-hydrogen) atoms. The van der Waals surface area contributed by atoms with Crippen molar-refractivity contribution in [1.29, 1.82) is 0 Å². The fraction of sp³-hybridized carbons (Fsp3) is 0.471. The minimum absolute atomic E-state index is 0.252. The number of nitrogens with zero attached hydrogens (tertiary/aromatic N) is 1. The monoisotopic (exact) mass is 318 g/mol. The summed E-state index contributed by atoms with van der Waals surface area (Å²) in [5, 5.41) is 0. The van der Waals surface area contributed by atoms with Gasteiger partial charge in [-0.3, -0.25) is 19.3 Å². The first-order chi connectivity index (χ1) is 11.1. The Bertz CT molecular complexity index is 565. The van der Waals surface area contributed by atoms with Crippen LogP contribution >= 0.6 is 0 Å². The molecule has 1 aromatic rings. The van der Waals surface area contributed by atoms with Gasteiger partial charge in [-0.05, 0) is 31.4 Å². The SMILES string of the molecule is CCCCOC(=O)C(N)CCCN1C(=O)c2ccccc2C1=O. The van der Waals surface area contributed by atoms with E-state index < -0.39 is 12.0 Å². The topological polar surface area (TPSA) is 89.7 Å². The summed E-state index contributed by atoms with van der Waals surface area (Å²) in [5.74, 6) is -1.00. The molecular weight excluding hydrogens is 296 g/mol. The molecule has 0 saturated heterocycles. The van der Waals surface area contributed by atoms with E-state index in [-0.39, 0.29) is 18.4 Å². The largest absolute Gasteiger partial charge is 0.465 e. The Morgan fingerprint density at radius 1 is 1.17 bits per heavy atom. The normalized spacial score (nSPS) is 14.8. The van der Waals surface area contributed by atoms with Crippen molar-refractivity contribution in [2.24, 2.45) is 5.73 Å². The zero-order chi connectivity index (χ0) is 16.8. The van der Waals surface area contributed by atoms with Gasteiger partial charge in [-0.1, -0.05) is 25.5 Å². The third-order valence-corrected chi connectivity index (χ3v) is 3.82. The highest BCUT2D eigenvalue weighted by molar-refractivity contribution is 6.21. The summed E-state index contributed by atoms with van der Waals surface area (Å²) >= 11 is 0. The van der Waals surface area contributed by atoms with E-state index in [0.29, 0.717) is 30.6 Å². The van der Waals surface area contributed by atoms with Gasteiger partial charge in [0.05, 0.1) is 17.7 Å². The van der Waals surface area contributed by atoms with Crippen LogP contribution in [-0.2, 0) is 9.53 Å². The minimum atomic E-state index is -0.720. The summed E-state index contributed by atoms with van der Waals surface area (Å²) in [4.78, 5) is 37.2. The number of unbranched alkanes of at least 4 members (excludes halogenated alkanes) is 1. The van der Waals surface area contributed by atoms with Crippen molar-refractivity contribution in [2.75, 3.05) is 13.2 Å². The van der Waals surface area contributed by atoms with Gasteiger partial charge >= 0.3 is 5.97 Å². The molecule has 0 spiro atoms. The lowest BCUT2D eigenvalue weighted by molar-refractivity contribution is -0.145. The van der Waals surface area contributed by atoms with Crippen LogP contribution in [0.2, 0.25) is 0 Å². The number of ether oxygens (including phenoxy) is 1. The van der Waals surface area contributed by atoms with Crippen molar-refractivity contribution in [3.05, 3.63) is 35.4 Å². The van der Waals surface area contributed by atoms with Gasteiger partial charge in [0.15, 0.2) is 0 Å². The Labute approximate surface area is 135 Å². The molecular formula is C17H22N2O4. The summed E-state index contributed by atoms with van der Waals surface area (Å²) in [7, 11) is 0. The zero-order valence-electron chi connectivity index (χ0n) is 13.3. The number of imide groups is 1. The smallest absolute Gasteiger partial charge is 0.322 e. The number of fused-ring (bicyclic) bond motifs is 1. The lowest BCUT2D eigenvalue weighted by atomic mass is 10.1. The molecule has 0 radical (unpaired) electrons. The lowest BCUT2D eigenvalue weighted by Gasteiger charge is -2.15. The second-order valence-electron chi connectivity index (χ2n) is 5.58. The average molecular weight is 318 g/mol. The lowest BCUT2D eigenvalue weighted by Crippen LogP contribution is -2.35. The summed E-state index contributed by atoms with van der Waals surface area (Å²) in [6.45, 7) is 2.64. The molecule has 2 amide bonds. The molecule has 0 fully saturated rings. The maximum atomic E-state index is 12.2. The maximum absolute atomic E-state index is 12.2. The first-order valence-corrected chi connectivity index (χ1v) is 7.93. The first kappa shape index (κ1) is 17.1. The number of hydrogen-bond donors (Lipinski definition) is 1. The highest BCUT2D eigenvalue weighted by Crippen LogP contribution is 2.22. The van der Waals surface area contributed by atoms with Crippen molar-refractivity contribution in [3.8, 4) is 0 Å². The van der Waals surface area contributed by atoms with Crippen LogP contribution in [0.1, 0.15) is 53.3 Å². The zero-order valence-corrected chi connectivity index (χ0v) is 13.3. The summed E-state index contributed by atoms with van der Waals surface area (Å²) in [5.41, 5.74) is 6.64. The van der Waals surface area contributed by atoms with Crippen LogP contribution in [0.3, 0.4) is 0 Å². The van der Waals surface area contributed by atoms with Crippen LogP contribution < -0.4 is 5.73 Å². The van der Waals surface area contributed by atoms with E-state index in [4.69, 9.17) is 10.5 Å². The van der Waals surface area contributed by atoms with E-state index in [9.17, 15) is 14.4 Å². The van der Waals surface area contributed by atoms with Gasteiger partial charge in [0, 0.05) is 6.54 Å². The van der Waals surface area contributed by atoms with Crippen LogP contribution in [0.25, 0.3) is 0 Å². The van der Waals surface area contributed by atoms with Crippen molar-refractivity contribution in [1.82, 2.24) is 4.90 Å². The predicted octanol–water partition coefficient (Wildman–Crippen LogP) is 1.73. The molecule has 1 atom stereocenters. The van der Waals surface area contributed by atoms with Crippen molar-refractivity contribution in [3.63, 3.8) is 0 Å². The molecule has 6 nitrogen and oxygen atoms in total. The first-order valence-electron chi connectivity index (χ1n) is 7.93. The number of carbonyl (C=O) groups excluding carboxylic acids is 3. The summed E-state index contributed by atoms with van der Waals surface area (Å²) < 4.78 is 5.05. The standard InChI is InChI=1S/C17H22N2O4/c1-2-3-11-23-17(22)14(18)9-6-10-19-15(20)12-7-4-5-8-13(12)16(19)21/h4-5,7-8,14H,2-3,6,9-11,18H2,1H3. The Morgan fingerprint density at radius 2 is 1.78 bits per heavy atom. The van der Waals surface area contributed by atoms with Crippen LogP contribution in [0.4, 0.5) is 0 Å². The third kappa shape index (κ3) is 3.96. The number of hydrogen-bond acceptors (Lipinski definition) is 5. The average Bonchev–Trinajstić information content (AvgIpc) is 2.80. The fourth-order valence-corrected chi connectivity index (χ4v) is 2.45. The van der Waals surface area contributed by atoms with Gasteiger partial charge < -0.3 is 10.5 Å². The van der Waals surface area contributed by atoms with Crippen LogP contribution in [0.5, 0.6) is 0 Å². The van der Waals surface area contributed by atoms with Gasteiger partial charge in [-0.2, -0.15) is 0 Å². The van der Waals surface area contributed by atoms with Crippen LogP contribution in [0.15, 0.2) is 24.3 Å². The molecule has 0 bridgehead atoms. The number of carbonyl (C=O) groups is 3. The molecule has 124 valence electrons. The Morgan fingerprint density at radius 3 is 2.35 bits per heavy atom. The van der Waals surface area contributed by atoms with E-state index >= 15 is 0 Å². The van der Waals surface area contributed by atoms with E-state index in [0.717, 1.165) is 12.8 Å². The van der Waals surface area contributed by atoms with Crippen LogP contribution in [-0.4, -0.2) is 41.9 Å². The number of esters is 1. The van der Waals surface area contributed by atoms with Crippen molar-refractivity contribution >= 4 is 17.8 Å². The van der Waals surface area contributed by atoms with Gasteiger partial charge in [-0.25, -0.2) is 0 Å². The number of benzene rings is 1. The molecule has 1 unspecified atom stereocenters. The highest BCUT2D eigenvalue weighted by atomic mass is 16.5. The number of nitrogens with two attached hydrogens (primary N) is 1. The molecule has 0 aliphatic carbocycles. The third-order valence-electron chi connectivity index (χ3n) is 3.82. The molecule has 0 aromatic heterocycles. The van der Waals surface area contributed by atoms with E-state index in [1.165, 1.54) is 4.90 Å². The molecule has 1 aliphatic rings. The Balaban J connectivity index is 1.80. The molecule has 1 aromatic carbocycles. The van der Waals surface area contributed by atoms with Crippen molar-refractivity contribution in [2.45, 2.75) is 38.6 Å². The summed E-state index contributed by atoms with van der Waals surface area (Å²) in [6.07, 6.45) is 2.60. The second kappa shape index (κ2) is 7.87. The summed E-state index contributed by atoms with van der Waals surface area (Å²) in [6, 6.07) is 6.03. The van der Waals surface area contributed by atoms with E-state index in [2.05, 4.69) is 0 Å². The molecule has 6 heteroatoms. The molecule has 0 saturated carbocycles. The maximum Gasteiger partial charge on any atom is 0.322 e. The van der Waals surface area contributed by atoms with Gasteiger partial charge in [0.25, 0.3) is 11.8 Å². The highest BCUT2D eigenvalue weighted by Gasteiger charge is 2.34. The molecule has 2 rings (SSSR count). The number of amides is 2. The molecule has 1 heterocycles. The molecule has 2 N–H and O–H groups in total. The molecule has 1 aliphatic heterocycles. The number of rotatable bonds is 8. The van der Waals surface area contributed by atoms with E-state index in [1.807, 2.05) is 6.92 Å². The minimum Gasteiger partial charge on any atom is -0.465 e. The van der Waals surface area contributed by atoms with Gasteiger partial charge in [0.1, 0.15) is 6.04 Å². The van der Waals surface area contributed by atoms with Crippen molar-refractivity contribution < 1.29 is 19.1 Å². The van der Waals surface area contributed by atoms with Crippen LogP contribution in [0, 0.1) is 0 Å². The Hall–Kier alpha value is -2.21.